The van der Waals surface area contributed by atoms with Crippen LogP contribution in [0, 0.1) is 6.92 Å². The van der Waals surface area contributed by atoms with Gasteiger partial charge in [0.15, 0.2) is 17.3 Å². The second-order valence-electron chi connectivity index (χ2n) is 8.15. The van der Waals surface area contributed by atoms with Gasteiger partial charge in [-0.05, 0) is 55.5 Å². The molecule has 2 saturated heterocycles. The number of hydrogen-bond donors (Lipinski definition) is 1. The number of fused-ring (bicyclic) bond motifs is 2. The average molecular weight is 453 g/mol. The first-order valence-electron chi connectivity index (χ1n) is 10.9. The molecular weight excluding hydrogens is 424 g/mol. The summed E-state index contributed by atoms with van der Waals surface area (Å²) in [5, 5.41) is 11.8. The molecule has 0 saturated carbocycles. The lowest BCUT2D eigenvalue weighted by molar-refractivity contribution is -0.122. The van der Waals surface area contributed by atoms with Crippen molar-refractivity contribution in [3.8, 4) is 17.2 Å². The summed E-state index contributed by atoms with van der Waals surface area (Å²) in [6, 6.07) is 7.93. The van der Waals surface area contributed by atoms with E-state index in [9.17, 15) is 0 Å². The zero-order chi connectivity index (χ0) is 23.4. The van der Waals surface area contributed by atoms with Gasteiger partial charge in [-0.1, -0.05) is 6.07 Å². The minimum atomic E-state index is -0.250. The van der Waals surface area contributed by atoms with Crippen molar-refractivity contribution < 1.29 is 24.1 Å². The number of carboxylic acid groups (broad SMARTS) is 1. The number of methoxy groups -OCH3 is 2. The molecule has 2 aromatic heterocycles. The maximum Gasteiger partial charge on any atom is 0.290 e. The highest BCUT2D eigenvalue weighted by Gasteiger charge is 2.44. The van der Waals surface area contributed by atoms with Crippen molar-refractivity contribution in [3.63, 3.8) is 0 Å². The molecule has 3 aromatic rings. The van der Waals surface area contributed by atoms with Crippen LogP contribution in [0.3, 0.4) is 0 Å². The number of nitrogens with zero attached hydrogens (tertiary/aromatic N) is 4. The third-order valence-corrected chi connectivity index (χ3v) is 6.14. The van der Waals surface area contributed by atoms with Crippen molar-refractivity contribution in [2.24, 2.45) is 0 Å². The summed E-state index contributed by atoms with van der Waals surface area (Å²) in [5.74, 6) is 3.49. The largest absolute Gasteiger partial charge is 0.493 e. The third kappa shape index (κ3) is 4.68. The van der Waals surface area contributed by atoms with Crippen molar-refractivity contribution in [1.29, 1.82) is 0 Å². The third-order valence-electron chi connectivity index (χ3n) is 6.14. The smallest absolute Gasteiger partial charge is 0.290 e. The van der Waals surface area contributed by atoms with Gasteiger partial charge < -0.3 is 19.3 Å². The quantitative estimate of drug-likeness (QED) is 0.568. The molecule has 4 heterocycles. The Balaban J connectivity index is 0.000000821. The fourth-order valence-corrected chi connectivity index (χ4v) is 4.65. The predicted molar refractivity (Wildman–Crippen MR) is 120 cm³/mol. The van der Waals surface area contributed by atoms with Crippen LogP contribution in [0.25, 0.3) is 5.69 Å². The summed E-state index contributed by atoms with van der Waals surface area (Å²) in [4.78, 5) is 17.6. The van der Waals surface area contributed by atoms with E-state index in [4.69, 9.17) is 34.2 Å². The van der Waals surface area contributed by atoms with Crippen LogP contribution in [0.1, 0.15) is 48.0 Å². The molecule has 2 aliphatic heterocycles. The van der Waals surface area contributed by atoms with E-state index in [-0.39, 0.29) is 18.5 Å². The van der Waals surface area contributed by atoms with Gasteiger partial charge in [0.05, 0.1) is 32.1 Å². The number of aromatic nitrogens is 4. The number of aryl methyl sites for hydroxylation is 1. The van der Waals surface area contributed by atoms with Crippen LogP contribution in [0.2, 0.25) is 0 Å². The minimum Gasteiger partial charge on any atom is -0.493 e. The molecule has 3 atom stereocenters. The first-order chi connectivity index (χ1) is 16.1. The molecular formula is C24H28N4O5. The fraction of sp³-hybridized carbons (Fsp3) is 0.417. The van der Waals surface area contributed by atoms with Gasteiger partial charge in [0, 0.05) is 24.7 Å². The SMILES string of the molecule is COc1ccc(Cc2nc([C@@H]3C[C@@H]4CC[C@H]3O4)n(-c3ccncc3C)n2)cc1OC.O=CO. The van der Waals surface area contributed by atoms with Gasteiger partial charge in [0.2, 0.25) is 0 Å². The number of rotatable bonds is 6. The van der Waals surface area contributed by atoms with Crippen LogP contribution in [-0.4, -0.2) is 57.8 Å². The van der Waals surface area contributed by atoms with Gasteiger partial charge in [-0.2, -0.15) is 5.10 Å². The minimum absolute atomic E-state index is 0.244. The summed E-state index contributed by atoms with van der Waals surface area (Å²) < 4.78 is 18.9. The molecule has 9 heteroatoms. The van der Waals surface area contributed by atoms with Crippen LogP contribution < -0.4 is 9.47 Å². The second kappa shape index (κ2) is 9.99. The van der Waals surface area contributed by atoms with Crippen molar-refractivity contribution in [2.45, 2.75) is 50.7 Å². The number of pyridine rings is 1. The normalized spacial score (nSPS) is 20.8. The van der Waals surface area contributed by atoms with E-state index in [0.29, 0.717) is 24.0 Å². The topological polar surface area (TPSA) is 109 Å². The summed E-state index contributed by atoms with van der Waals surface area (Å²) in [6.45, 7) is 1.80. The zero-order valence-electron chi connectivity index (χ0n) is 19.0. The molecule has 0 amide bonds. The molecule has 0 unspecified atom stereocenters. The second-order valence-corrected chi connectivity index (χ2v) is 8.15. The van der Waals surface area contributed by atoms with Crippen molar-refractivity contribution >= 4 is 6.47 Å². The van der Waals surface area contributed by atoms with E-state index in [0.717, 1.165) is 47.7 Å². The first kappa shape index (κ1) is 22.7. The number of ether oxygens (including phenoxy) is 3. The molecule has 1 N–H and O–H groups in total. The van der Waals surface area contributed by atoms with Crippen molar-refractivity contribution in [2.75, 3.05) is 14.2 Å². The lowest BCUT2D eigenvalue weighted by atomic mass is 9.88. The molecule has 0 aliphatic carbocycles. The molecule has 2 aliphatic rings. The average Bonchev–Trinajstić information content (AvgIpc) is 3.56. The van der Waals surface area contributed by atoms with E-state index in [1.165, 1.54) is 0 Å². The van der Waals surface area contributed by atoms with Gasteiger partial charge in [-0.3, -0.25) is 9.78 Å². The standard InChI is InChI=1S/C23H26N4O3.CH2O2/c1-14-13-24-9-8-18(14)27-23(17-12-16-5-7-19(17)30-16)25-22(26-27)11-15-4-6-20(28-2)21(10-15)29-3;2-1-3/h4,6,8-10,13,16-17,19H,5,7,11-12H2,1-3H3;1H,(H,2,3)/t16-,17+,19+;/m0./s1. The Morgan fingerprint density at radius 2 is 2.00 bits per heavy atom. The Labute approximate surface area is 192 Å². The van der Waals surface area contributed by atoms with Gasteiger partial charge in [0.1, 0.15) is 5.82 Å². The van der Waals surface area contributed by atoms with Crippen LogP contribution in [0.4, 0.5) is 0 Å². The van der Waals surface area contributed by atoms with Crippen LogP contribution >= 0.6 is 0 Å². The summed E-state index contributed by atoms with van der Waals surface area (Å²) in [7, 11) is 3.29. The molecule has 2 fully saturated rings. The fourth-order valence-electron chi connectivity index (χ4n) is 4.65. The Kier molecular flexibility index (Phi) is 6.88. The molecule has 2 bridgehead atoms. The molecule has 5 rings (SSSR count). The zero-order valence-corrected chi connectivity index (χ0v) is 19.0. The maximum absolute atomic E-state index is 8.36. The van der Waals surface area contributed by atoms with E-state index in [2.05, 4.69) is 11.9 Å². The van der Waals surface area contributed by atoms with E-state index >= 15 is 0 Å². The predicted octanol–water partition coefficient (Wildman–Crippen LogP) is 3.31. The molecule has 9 nitrogen and oxygen atoms in total. The van der Waals surface area contributed by atoms with Crippen LogP contribution in [-0.2, 0) is 16.0 Å². The molecule has 1 aromatic carbocycles. The van der Waals surface area contributed by atoms with Crippen LogP contribution in [0.15, 0.2) is 36.7 Å². The lowest BCUT2D eigenvalue weighted by Gasteiger charge is -2.19. The summed E-state index contributed by atoms with van der Waals surface area (Å²) in [6.07, 6.45) is 8.16. The van der Waals surface area contributed by atoms with E-state index in [1.54, 1.807) is 20.4 Å². The monoisotopic (exact) mass is 452 g/mol. The van der Waals surface area contributed by atoms with Gasteiger partial charge in [-0.25, -0.2) is 9.67 Å². The lowest BCUT2D eigenvalue weighted by Crippen LogP contribution is -2.19. The highest BCUT2D eigenvalue weighted by Crippen LogP contribution is 2.44. The molecule has 0 spiro atoms. The molecule has 0 radical (unpaired) electrons. The highest BCUT2D eigenvalue weighted by molar-refractivity contribution is 5.44. The van der Waals surface area contributed by atoms with Gasteiger partial charge in [0.25, 0.3) is 6.47 Å². The highest BCUT2D eigenvalue weighted by atomic mass is 16.5. The van der Waals surface area contributed by atoms with Crippen molar-refractivity contribution in [1.82, 2.24) is 19.7 Å². The number of benzene rings is 1. The summed E-state index contributed by atoms with van der Waals surface area (Å²) >= 11 is 0. The Bertz CT molecular complexity index is 1120. The van der Waals surface area contributed by atoms with E-state index in [1.807, 2.05) is 35.1 Å². The Hall–Kier alpha value is -3.46. The molecule has 33 heavy (non-hydrogen) atoms. The van der Waals surface area contributed by atoms with E-state index < -0.39 is 0 Å². The van der Waals surface area contributed by atoms with Crippen LogP contribution in [0.5, 0.6) is 11.5 Å². The molecule has 174 valence electrons. The summed E-state index contributed by atoms with van der Waals surface area (Å²) in [5.41, 5.74) is 3.17. The van der Waals surface area contributed by atoms with Gasteiger partial charge >= 0.3 is 0 Å². The Morgan fingerprint density at radius 3 is 2.64 bits per heavy atom. The number of hydrogen-bond acceptors (Lipinski definition) is 7. The van der Waals surface area contributed by atoms with Crippen molar-refractivity contribution in [3.05, 3.63) is 59.4 Å². The Morgan fingerprint density at radius 1 is 1.21 bits per heavy atom. The number of carbonyl (C=O) groups is 1. The first-order valence-corrected chi connectivity index (χ1v) is 10.9. The maximum atomic E-state index is 8.36. The van der Waals surface area contributed by atoms with Gasteiger partial charge in [-0.15, -0.1) is 0 Å².